The summed E-state index contributed by atoms with van der Waals surface area (Å²) in [5.74, 6) is -0.168. The molecule has 2 amide bonds. The number of carbonyl (C=O) groups excluding carboxylic acids is 2. The van der Waals surface area contributed by atoms with E-state index >= 15 is 0 Å². The Morgan fingerprint density at radius 3 is 2.80 bits per heavy atom. The molecule has 1 fully saturated rings. The molecule has 1 aliphatic rings. The summed E-state index contributed by atoms with van der Waals surface area (Å²) in [6.45, 7) is 2.20. The van der Waals surface area contributed by atoms with Gasteiger partial charge in [0.25, 0.3) is 5.91 Å². The lowest BCUT2D eigenvalue weighted by molar-refractivity contribution is -0.120. The van der Waals surface area contributed by atoms with Crippen molar-refractivity contribution in [2.75, 3.05) is 18.9 Å². The Labute approximate surface area is 117 Å². The van der Waals surface area contributed by atoms with E-state index in [1.807, 2.05) is 6.92 Å². The number of nitrogens with two attached hydrogens (primary N) is 1. The minimum absolute atomic E-state index is 0.0603. The molecule has 2 rings (SSSR count). The zero-order chi connectivity index (χ0) is 14.5. The molecule has 0 atom stereocenters. The van der Waals surface area contributed by atoms with Crippen molar-refractivity contribution in [3.05, 3.63) is 23.8 Å². The molecule has 0 bridgehead atoms. The van der Waals surface area contributed by atoms with Gasteiger partial charge in [0.05, 0.1) is 13.2 Å². The van der Waals surface area contributed by atoms with Crippen LogP contribution in [0.15, 0.2) is 18.2 Å². The van der Waals surface area contributed by atoms with Crippen LogP contribution in [0.25, 0.3) is 0 Å². The number of ether oxygens (including phenoxy) is 1. The highest BCUT2D eigenvalue weighted by Crippen LogP contribution is 2.24. The standard InChI is InChI=1S/C14H19N3O3/c1-2-20-11-5-3-4-10(15)13(11)14(19)16-8-12(18)17-9-6-7-9/h3-5,9H,2,6-8,15H2,1H3,(H,16,19)(H,17,18). The lowest BCUT2D eigenvalue weighted by atomic mass is 10.1. The van der Waals surface area contributed by atoms with Crippen LogP contribution in [-0.2, 0) is 4.79 Å². The molecule has 0 spiro atoms. The third-order valence-corrected chi connectivity index (χ3v) is 2.94. The van der Waals surface area contributed by atoms with Crippen molar-refractivity contribution in [2.45, 2.75) is 25.8 Å². The van der Waals surface area contributed by atoms with E-state index in [9.17, 15) is 9.59 Å². The first-order valence-electron chi connectivity index (χ1n) is 6.70. The summed E-state index contributed by atoms with van der Waals surface area (Å²) in [6, 6.07) is 5.30. The van der Waals surface area contributed by atoms with Crippen molar-refractivity contribution in [2.24, 2.45) is 0 Å². The summed E-state index contributed by atoms with van der Waals surface area (Å²) in [4.78, 5) is 23.7. The van der Waals surface area contributed by atoms with Crippen LogP contribution in [0.5, 0.6) is 5.75 Å². The normalized spacial score (nSPS) is 13.7. The molecule has 1 saturated carbocycles. The van der Waals surface area contributed by atoms with E-state index in [4.69, 9.17) is 10.5 Å². The van der Waals surface area contributed by atoms with Crippen LogP contribution >= 0.6 is 0 Å². The third-order valence-electron chi connectivity index (χ3n) is 2.94. The van der Waals surface area contributed by atoms with Gasteiger partial charge in [-0.05, 0) is 31.9 Å². The van der Waals surface area contributed by atoms with Gasteiger partial charge in [-0.15, -0.1) is 0 Å². The molecule has 0 radical (unpaired) electrons. The SMILES string of the molecule is CCOc1cccc(N)c1C(=O)NCC(=O)NC1CC1. The predicted octanol–water partition coefficient (Wildman–Crippen LogP) is 0.676. The van der Waals surface area contributed by atoms with Crippen LogP contribution in [0.4, 0.5) is 5.69 Å². The zero-order valence-electron chi connectivity index (χ0n) is 11.4. The second-order valence-corrected chi connectivity index (χ2v) is 4.68. The number of rotatable bonds is 6. The Balaban J connectivity index is 1.98. The second-order valence-electron chi connectivity index (χ2n) is 4.68. The van der Waals surface area contributed by atoms with Gasteiger partial charge >= 0.3 is 0 Å². The molecule has 0 saturated heterocycles. The van der Waals surface area contributed by atoms with Gasteiger partial charge in [-0.3, -0.25) is 9.59 Å². The summed E-state index contributed by atoms with van der Waals surface area (Å²) in [5, 5.41) is 5.36. The van der Waals surface area contributed by atoms with Crippen LogP contribution in [0.1, 0.15) is 30.1 Å². The molecule has 20 heavy (non-hydrogen) atoms. The highest BCUT2D eigenvalue weighted by Gasteiger charge is 2.23. The van der Waals surface area contributed by atoms with Crippen LogP contribution in [0.3, 0.4) is 0 Å². The van der Waals surface area contributed by atoms with Crippen LogP contribution in [0, 0.1) is 0 Å². The van der Waals surface area contributed by atoms with E-state index in [1.54, 1.807) is 18.2 Å². The molecule has 6 heteroatoms. The quantitative estimate of drug-likeness (QED) is 0.666. The maximum absolute atomic E-state index is 12.1. The predicted molar refractivity (Wildman–Crippen MR) is 75.5 cm³/mol. The molecule has 1 aromatic carbocycles. The molecule has 108 valence electrons. The Hall–Kier alpha value is -2.24. The highest BCUT2D eigenvalue weighted by atomic mass is 16.5. The molecule has 6 nitrogen and oxygen atoms in total. The van der Waals surface area contributed by atoms with Gasteiger partial charge in [-0.25, -0.2) is 0 Å². The van der Waals surface area contributed by atoms with E-state index in [-0.39, 0.29) is 24.1 Å². The van der Waals surface area contributed by atoms with Gasteiger partial charge in [0.1, 0.15) is 11.3 Å². The molecule has 0 aliphatic heterocycles. The van der Waals surface area contributed by atoms with Gasteiger partial charge in [-0.2, -0.15) is 0 Å². The maximum atomic E-state index is 12.1. The Bertz CT molecular complexity index is 512. The average Bonchev–Trinajstić information content (AvgIpc) is 3.20. The molecule has 0 aromatic heterocycles. The monoisotopic (exact) mass is 277 g/mol. The smallest absolute Gasteiger partial charge is 0.257 e. The van der Waals surface area contributed by atoms with Crippen LogP contribution in [0.2, 0.25) is 0 Å². The molecule has 0 heterocycles. The van der Waals surface area contributed by atoms with Crippen LogP contribution < -0.4 is 21.1 Å². The first-order chi connectivity index (χ1) is 9.61. The van der Waals surface area contributed by atoms with Gasteiger partial charge < -0.3 is 21.1 Å². The minimum atomic E-state index is -0.405. The van der Waals surface area contributed by atoms with Crippen molar-refractivity contribution >= 4 is 17.5 Å². The second kappa shape index (κ2) is 6.27. The van der Waals surface area contributed by atoms with Gasteiger partial charge in [0.2, 0.25) is 5.91 Å². The average molecular weight is 277 g/mol. The number of nitrogens with one attached hydrogen (secondary N) is 2. The number of anilines is 1. The highest BCUT2D eigenvalue weighted by molar-refractivity contribution is 6.03. The first-order valence-corrected chi connectivity index (χ1v) is 6.70. The molecule has 1 aromatic rings. The van der Waals surface area contributed by atoms with Gasteiger partial charge in [0, 0.05) is 11.7 Å². The fourth-order valence-corrected chi connectivity index (χ4v) is 1.82. The lowest BCUT2D eigenvalue weighted by Crippen LogP contribution is -2.38. The van der Waals surface area contributed by atoms with Crippen molar-refractivity contribution in [1.82, 2.24) is 10.6 Å². The Morgan fingerprint density at radius 1 is 1.40 bits per heavy atom. The minimum Gasteiger partial charge on any atom is -0.493 e. The molecule has 4 N–H and O–H groups in total. The van der Waals surface area contributed by atoms with E-state index in [0.717, 1.165) is 12.8 Å². The number of benzene rings is 1. The fraction of sp³-hybridized carbons (Fsp3) is 0.429. The number of hydrogen-bond acceptors (Lipinski definition) is 4. The van der Waals surface area contributed by atoms with Crippen molar-refractivity contribution in [3.63, 3.8) is 0 Å². The van der Waals surface area contributed by atoms with E-state index in [2.05, 4.69) is 10.6 Å². The third kappa shape index (κ3) is 3.63. The molecular formula is C14H19N3O3. The molecule has 1 aliphatic carbocycles. The van der Waals surface area contributed by atoms with Gasteiger partial charge in [-0.1, -0.05) is 6.07 Å². The number of carbonyl (C=O) groups is 2. The maximum Gasteiger partial charge on any atom is 0.257 e. The summed E-state index contributed by atoms with van der Waals surface area (Å²) >= 11 is 0. The molecular weight excluding hydrogens is 258 g/mol. The van der Waals surface area contributed by atoms with E-state index < -0.39 is 5.91 Å². The largest absolute Gasteiger partial charge is 0.493 e. The van der Waals surface area contributed by atoms with E-state index in [0.29, 0.717) is 18.0 Å². The molecule has 0 unspecified atom stereocenters. The summed E-state index contributed by atoms with van der Waals surface area (Å²) < 4.78 is 5.38. The summed E-state index contributed by atoms with van der Waals surface area (Å²) in [6.07, 6.45) is 2.03. The summed E-state index contributed by atoms with van der Waals surface area (Å²) in [5.41, 5.74) is 6.41. The summed E-state index contributed by atoms with van der Waals surface area (Å²) in [7, 11) is 0. The Morgan fingerprint density at radius 2 is 2.15 bits per heavy atom. The lowest BCUT2D eigenvalue weighted by Gasteiger charge is -2.12. The number of hydrogen-bond donors (Lipinski definition) is 3. The van der Waals surface area contributed by atoms with E-state index in [1.165, 1.54) is 0 Å². The van der Waals surface area contributed by atoms with Crippen molar-refractivity contribution in [3.8, 4) is 5.75 Å². The first kappa shape index (κ1) is 14.2. The topological polar surface area (TPSA) is 93.4 Å². The Kier molecular flexibility index (Phi) is 4.45. The van der Waals surface area contributed by atoms with Crippen molar-refractivity contribution in [1.29, 1.82) is 0 Å². The number of nitrogen functional groups attached to an aromatic ring is 1. The van der Waals surface area contributed by atoms with Crippen molar-refractivity contribution < 1.29 is 14.3 Å². The fourth-order valence-electron chi connectivity index (χ4n) is 1.82. The zero-order valence-corrected chi connectivity index (χ0v) is 11.4. The van der Waals surface area contributed by atoms with Crippen LogP contribution in [-0.4, -0.2) is 31.0 Å². The van der Waals surface area contributed by atoms with Gasteiger partial charge in [0.15, 0.2) is 0 Å². The number of amides is 2.